The average Bonchev–Trinajstić information content (AvgIpc) is 3.34. The maximum atomic E-state index is 12.7. The van der Waals surface area contributed by atoms with Crippen molar-refractivity contribution in [1.29, 1.82) is 0 Å². The lowest BCUT2D eigenvalue weighted by atomic mass is 10.1. The molecule has 10 heteroatoms. The van der Waals surface area contributed by atoms with Gasteiger partial charge in [0.15, 0.2) is 0 Å². The Morgan fingerprint density at radius 1 is 1.15 bits per heavy atom. The van der Waals surface area contributed by atoms with Crippen molar-refractivity contribution < 1.29 is 23.7 Å². The summed E-state index contributed by atoms with van der Waals surface area (Å²) in [5.41, 5.74) is 1.45. The summed E-state index contributed by atoms with van der Waals surface area (Å²) >= 11 is 6.97. The van der Waals surface area contributed by atoms with E-state index in [1.165, 1.54) is 24.3 Å². The fourth-order valence-corrected chi connectivity index (χ4v) is 4.22. The Morgan fingerprint density at radius 2 is 1.91 bits per heavy atom. The van der Waals surface area contributed by atoms with Crippen LogP contribution in [0.15, 0.2) is 63.9 Å². The maximum absolute atomic E-state index is 12.7. The van der Waals surface area contributed by atoms with E-state index in [0.29, 0.717) is 22.8 Å². The fourth-order valence-electron chi connectivity index (χ4n) is 3.10. The van der Waals surface area contributed by atoms with Crippen LogP contribution in [0.1, 0.15) is 11.3 Å². The fraction of sp³-hybridized carbons (Fsp3) is 0.130. The number of nitro benzene ring substituents is 1. The van der Waals surface area contributed by atoms with Crippen LogP contribution in [0.25, 0.3) is 17.4 Å². The minimum atomic E-state index is -0.537. The number of nitro groups is 1. The summed E-state index contributed by atoms with van der Waals surface area (Å²) in [5, 5.41) is 10.7. The molecule has 33 heavy (non-hydrogen) atoms. The van der Waals surface area contributed by atoms with E-state index >= 15 is 0 Å². The van der Waals surface area contributed by atoms with E-state index in [9.17, 15) is 19.7 Å². The predicted octanol–water partition coefficient (Wildman–Crippen LogP) is 5.93. The van der Waals surface area contributed by atoms with Gasteiger partial charge in [0.1, 0.15) is 23.9 Å². The van der Waals surface area contributed by atoms with Gasteiger partial charge in [0.2, 0.25) is 0 Å². The lowest BCUT2D eigenvalue weighted by Gasteiger charge is -2.13. The molecule has 0 N–H and O–H groups in total. The number of hydrogen-bond donors (Lipinski definition) is 0. The highest BCUT2D eigenvalue weighted by molar-refractivity contribution is 8.18. The molecule has 2 amide bonds. The van der Waals surface area contributed by atoms with E-state index < -0.39 is 10.8 Å². The first kappa shape index (κ1) is 22.6. The van der Waals surface area contributed by atoms with E-state index in [4.69, 9.17) is 20.8 Å². The molecule has 3 aromatic rings. The third kappa shape index (κ3) is 5.10. The van der Waals surface area contributed by atoms with Crippen LogP contribution in [0.3, 0.4) is 0 Å². The summed E-state index contributed by atoms with van der Waals surface area (Å²) in [6, 6.07) is 14.8. The molecular weight excluding hydrogens is 468 g/mol. The number of imide groups is 1. The Hall–Kier alpha value is -3.56. The van der Waals surface area contributed by atoms with Gasteiger partial charge in [0.25, 0.3) is 16.8 Å². The Bertz CT molecular complexity index is 1270. The number of rotatable bonds is 7. The Morgan fingerprint density at radius 3 is 2.61 bits per heavy atom. The molecule has 0 unspecified atom stereocenters. The highest BCUT2D eigenvalue weighted by Crippen LogP contribution is 2.35. The maximum Gasteiger partial charge on any atom is 0.293 e. The van der Waals surface area contributed by atoms with E-state index in [1.807, 2.05) is 31.2 Å². The summed E-state index contributed by atoms with van der Waals surface area (Å²) in [6.45, 7) is 2.27. The van der Waals surface area contributed by atoms with Gasteiger partial charge in [-0.2, -0.15) is 0 Å². The lowest BCUT2D eigenvalue weighted by Crippen LogP contribution is -2.32. The van der Waals surface area contributed by atoms with Gasteiger partial charge in [0, 0.05) is 23.8 Å². The molecular formula is C23H17ClN2O6S. The number of aryl methyl sites for hydroxylation is 1. The molecule has 168 valence electrons. The Labute approximate surface area is 197 Å². The molecule has 8 nitrogen and oxygen atoms in total. The van der Waals surface area contributed by atoms with E-state index in [-0.39, 0.29) is 34.0 Å². The number of benzene rings is 2. The van der Waals surface area contributed by atoms with Crippen LogP contribution >= 0.6 is 23.4 Å². The zero-order chi connectivity index (χ0) is 23.5. The van der Waals surface area contributed by atoms with Crippen LogP contribution in [0.2, 0.25) is 5.02 Å². The molecule has 0 atom stereocenters. The smallest absolute Gasteiger partial charge is 0.293 e. The molecule has 0 bridgehead atoms. The molecule has 1 fully saturated rings. The lowest BCUT2D eigenvalue weighted by molar-refractivity contribution is -0.384. The number of hydrogen-bond acceptors (Lipinski definition) is 7. The molecule has 0 aliphatic carbocycles. The minimum absolute atomic E-state index is 0.123. The number of nitrogens with zero attached hydrogens (tertiary/aromatic N) is 2. The zero-order valence-electron chi connectivity index (χ0n) is 17.3. The second-order valence-corrected chi connectivity index (χ2v) is 8.52. The number of carbonyl (C=O) groups excluding carboxylic acids is 2. The monoisotopic (exact) mass is 484 g/mol. The van der Waals surface area contributed by atoms with Crippen molar-refractivity contribution in [2.24, 2.45) is 0 Å². The van der Waals surface area contributed by atoms with Crippen molar-refractivity contribution in [3.63, 3.8) is 0 Å². The van der Waals surface area contributed by atoms with Crippen molar-refractivity contribution >= 4 is 46.3 Å². The normalized spacial score (nSPS) is 14.8. The second-order valence-electron chi connectivity index (χ2n) is 7.12. The number of non-ortho nitro benzene ring substituents is 1. The van der Waals surface area contributed by atoms with Gasteiger partial charge in [-0.05, 0) is 49.0 Å². The number of halogens is 1. The number of carbonyl (C=O) groups is 2. The highest BCUT2D eigenvalue weighted by Gasteiger charge is 2.35. The minimum Gasteiger partial charge on any atom is -0.492 e. The molecule has 1 aromatic heterocycles. The standard InChI is InChI=1S/C23H17ClN2O6S/c1-14-2-5-16(6-3-14)31-11-10-25-22(27)21(33-23(25)28)13-17-7-9-20(32-17)18-8-4-15(26(29)30)12-19(18)24/h2-9,12-13H,10-11H2,1H3/b21-13-. The summed E-state index contributed by atoms with van der Waals surface area (Å²) < 4.78 is 11.3. The molecule has 0 radical (unpaired) electrons. The Kier molecular flexibility index (Phi) is 6.52. The average molecular weight is 485 g/mol. The van der Waals surface area contributed by atoms with Crippen LogP contribution < -0.4 is 4.74 Å². The largest absolute Gasteiger partial charge is 0.492 e. The molecule has 1 saturated heterocycles. The van der Waals surface area contributed by atoms with Gasteiger partial charge in [-0.25, -0.2) is 0 Å². The number of ether oxygens (including phenoxy) is 1. The molecule has 2 heterocycles. The van der Waals surface area contributed by atoms with Crippen molar-refractivity contribution in [2.45, 2.75) is 6.92 Å². The first-order valence-corrected chi connectivity index (χ1v) is 11.0. The van der Waals surface area contributed by atoms with Crippen LogP contribution in [-0.4, -0.2) is 34.1 Å². The second kappa shape index (κ2) is 9.51. The summed E-state index contributed by atoms with van der Waals surface area (Å²) in [4.78, 5) is 36.7. The molecule has 2 aromatic carbocycles. The van der Waals surface area contributed by atoms with Gasteiger partial charge in [-0.15, -0.1) is 0 Å². The van der Waals surface area contributed by atoms with Crippen LogP contribution in [-0.2, 0) is 4.79 Å². The van der Waals surface area contributed by atoms with E-state index in [1.54, 1.807) is 12.1 Å². The highest BCUT2D eigenvalue weighted by atomic mass is 35.5. The third-order valence-electron chi connectivity index (χ3n) is 4.81. The van der Waals surface area contributed by atoms with Crippen LogP contribution in [0.4, 0.5) is 10.5 Å². The van der Waals surface area contributed by atoms with Crippen molar-refractivity contribution in [2.75, 3.05) is 13.2 Å². The SMILES string of the molecule is Cc1ccc(OCCN2C(=O)S/C(=C\c3ccc(-c4ccc([N+](=O)[O-])cc4Cl)o3)C2=O)cc1. The molecule has 1 aliphatic heterocycles. The molecule has 1 aliphatic rings. The molecule has 4 rings (SSSR count). The summed E-state index contributed by atoms with van der Waals surface area (Å²) in [6.07, 6.45) is 1.48. The predicted molar refractivity (Wildman–Crippen MR) is 125 cm³/mol. The van der Waals surface area contributed by atoms with E-state index in [2.05, 4.69) is 0 Å². The quantitative estimate of drug-likeness (QED) is 0.232. The van der Waals surface area contributed by atoms with E-state index in [0.717, 1.165) is 22.2 Å². The van der Waals surface area contributed by atoms with Gasteiger partial charge >= 0.3 is 0 Å². The number of thioether (sulfide) groups is 1. The van der Waals surface area contributed by atoms with Crippen LogP contribution in [0, 0.1) is 17.0 Å². The first-order chi connectivity index (χ1) is 15.8. The first-order valence-electron chi connectivity index (χ1n) is 9.81. The summed E-state index contributed by atoms with van der Waals surface area (Å²) in [5.74, 6) is 0.965. The van der Waals surface area contributed by atoms with Crippen molar-refractivity contribution in [3.05, 3.63) is 86.0 Å². The number of furan rings is 1. The zero-order valence-corrected chi connectivity index (χ0v) is 18.9. The molecule has 0 saturated carbocycles. The third-order valence-corrected chi connectivity index (χ3v) is 6.03. The Balaban J connectivity index is 1.43. The van der Waals surface area contributed by atoms with Crippen molar-refractivity contribution in [3.8, 4) is 17.1 Å². The van der Waals surface area contributed by atoms with Gasteiger partial charge < -0.3 is 9.15 Å². The summed E-state index contributed by atoms with van der Waals surface area (Å²) in [7, 11) is 0. The van der Waals surface area contributed by atoms with Gasteiger partial charge in [0.05, 0.1) is 21.4 Å². The number of amides is 2. The van der Waals surface area contributed by atoms with Crippen molar-refractivity contribution in [1.82, 2.24) is 4.90 Å². The topological polar surface area (TPSA) is 103 Å². The molecule has 0 spiro atoms. The van der Waals surface area contributed by atoms with Crippen LogP contribution in [0.5, 0.6) is 5.75 Å². The van der Waals surface area contributed by atoms with Gasteiger partial charge in [-0.3, -0.25) is 24.6 Å². The van der Waals surface area contributed by atoms with Gasteiger partial charge in [-0.1, -0.05) is 29.3 Å².